The van der Waals surface area contributed by atoms with Crippen molar-refractivity contribution in [3.63, 3.8) is 0 Å². The third-order valence-electron chi connectivity index (χ3n) is 6.51. The monoisotopic (exact) mass is 460 g/mol. The lowest BCUT2D eigenvalue weighted by atomic mass is 10.1. The lowest BCUT2D eigenvalue weighted by Crippen LogP contribution is -2.41. The van der Waals surface area contributed by atoms with E-state index in [4.69, 9.17) is 4.98 Å². The van der Waals surface area contributed by atoms with Gasteiger partial charge < -0.3 is 20.6 Å². The molecule has 1 saturated heterocycles. The quantitative estimate of drug-likeness (QED) is 0.337. The highest BCUT2D eigenvalue weighted by Gasteiger charge is 2.41. The van der Waals surface area contributed by atoms with Crippen LogP contribution >= 0.6 is 0 Å². The number of carbonyl (C=O) groups excluding carboxylic acids is 1. The Hall–Kier alpha value is -4.06. The van der Waals surface area contributed by atoms with Gasteiger partial charge >= 0.3 is 0 Å². The molecule has 2 fully saturated rings. The minimum absolute atomic E-state index is 0.170. The number of aromatic amines is 1. The molecule has 12 heteroatoms. The van der Waals surface area contributed by atoms with Crippen LogP contribution in [0.1, 0.15) is 31.9 Å². The van der Waals surface area contributed by atoms with Crippen molar-refractivity contribution in [3.8, 4) is 0 Å². The lowest BCUT2D eigenvalue weighted by molar-refractivity contribution is -0.117. The van der Waals surface area contributed by atoms with Crippen LogP contribution in [0.2, 0.25) is 0 Å². The number of fused-ring (bicyclic) bond motifs is 1. The summed E-state index contributed by atoms with van der Waals surface area (Å²) in [5.41, 5.74) is 2.04. The van der Waals surface area contributed by atoms with Crippen molar-refractivity contribution in [1.29, 1.82) is 0 Å². The summed E-state index contributed by atoms with van der Waals surface area (Å²) in [7, 11) is 0. The molecule has 0 unspecified atom stereocenters. The number of rotatable bonds is 6. The third kappa shape index (κ3) is 3.71. The molecule has 5 heterocycles. The highest BCUT2D eigenvalue weighted by Crippen LogP contribution is 2.47. The average molecular weight is 461 g/mol. The Kier molecular flexibility index (Phi) is 4.69. The van der Waals surface area contributed by atoms with Crippen LogP contribution in [-0.2, 0) is 10.2 Å². The van der Waals surface area contributed by atoms with E-state index in [1.165, 1.54) is 18.6 Å². The molecule has 174 valence electrons. The molecule has 6 rings (SSSR count). The highest BCUT2D eigenvalue weighted by molar-refractivity contribution is 5.96. The zero-order valence-electron chi connectivity index (χ0n) is 18.5. The van der Waals surface area contributed by atoms with Gasteiger partial charge in [0.2, 0.25) is 11.9 Å². The SMILES string of the molecule is CC1(c2cc(Nc3nc(N4C[C@@H](O)C[C@H]4C(=O)Nc4cnccn4)nn4cccc34)n[nH]2)CC1. The minimum atomic E-state index is -0.689. The molecule has 34 heavy (non-hydrogen) atoms. The van der Waals surface area contributed by atoms with E-state index in [9.17, 15) is 9.90 Å². The normalized spacial score (nSPS) is 21.1. The Morgan fingerprint density at radius 3 is 2.97 bits per heavy atom. The number of hydrogen-bond acceptors (Lipinski definition) is 9. The van der Waals surface area contributed by atoms with E-state index >= 15 is 0 Å². The molecule has 0 radical (unpaired) electrons. The largest absolute Gasteiger partial charge is 0.391 e. The first-order chi connectivity index (χ1) is 16.5. The number of hydrogen-bond donors (Lipinski definition) is 4. The first-order valence-electron chi connectivity index (χ1n) is 11.2. The first-order valence-corrected chi connectivity index (χ1v) is 11.2. The van der Waals surface area contributed by atoms with Crippen LogP contribution in [0.3, 0.4) is 0 Å². The number of amides is 1. The molecule has 0 bridgehead atoms. The Bertz CT molecular complexity index is 1350. The smallest absolute Gasteiger partial charge is 0.248 e. The molecule has 12 nitrogen and oxygen atoms in total. The molecule has 4 aromatic heterocycles. The number of carbonyl (C=O) groups is 1. The molecule has 4 aromatic rings. The Morgan fingerprint density at radius 2 is 2.18 bits per heavy atom. The molecule has 0 spiro atoms. The van der Waals surface area contributed by atoms with Crippen LogP contribution in [-0.4, -0.2) is 64.5 Å². The molecular weight excluding hydrogens is 436 g/mol. The van der Waals surface area contributed by atoms with Gasteiger partial charge in [0.1, 0.15) is 11.6 Å². The van der Waals surface area contributed by atoms with Gasteiger partial charge in [-0.25, -0.2) is 9.50 Å². The van der Waals surface area contributed by atoms with Crippen LogP contribution in [0.4, 0.5) is 23.4 Å². The summed E-state index contributed by atoms with van der Waals surface area (Å²) >= 11 is 0. The Balaban J connectivity index is 1.30. The molecule has 1 aliphatic carbocycles. The second kappa shape index (κ2) is 7.76. The second-order valence-corrected chi connectivity index (χ2v) is 9.09. The topological polar surface area (TPSA) is 149 Å². The number of H-pyrrole nitrogens is 1. The maximum Gasteiger partial charge on any atom is 0.248 e. The van der Waals surface area contributed by atoms with Crippen molar-refractivity contribution in [2.75, 3.05) is 22.1 Å². The van der Waals surface area contributed by atoms with E-state index in [1.807, 2.05) is 24.4 Å². The summed E-state index contributed by atoms with van der Waals surface area (Å²) in [6.07, 6.45) is 8.17. The number of anilines is 4. The Labute approximate surface area is 194 Å². The Morgan fingerprint density at radius 1 is 1.29 bits per heavy atom. The predicted molar refractivity (Wildman–Crippen MR) is 124 cm³/mol. The number of nitrogens with zero attached hydrogens (tertiary/aromatic N) is 7. The third-order valence-corrected chi connectivity index (χ3v) is 6.51. The lowest BCUT2D eigenvalue weighted by Gasteiger charge is -2.24. The van der Waals surface area contributed by atoms with Crippen LogP contribution in [0.15, 0.2) is 43.0 Å². The standard InChI is InChI=1S/C22H24N10O2/c1-22(4-5-22)16-10-17(29-28-16)25-19-14-3-2-8-32(14)30-21(27-19)31-12-13(33)9-15(31)20(34)26-18-11-23-6-7-24-18/h2-3,6-8,10-11,13,15,33H,4-5,9,12H2,1H3,(H,24,26,34)(H2,25,27,28,29,30)/t13-,15-/m0/s1. The van der Waals surface area contributed by atoms with Crippen molar-refractivity contribution in [1.82, 2.24) is 34.8 Å². The van der Waals surface area contributed by atoms with Gasteiger partial charge in [-0.3, -0.25) is 14.9 Å². The van der Waals surface area contributed by atoms with E-state index in [-0.39, 0.29) is 24.3 Å². The van der Waals surface area contributed by atoms with Gasteiger partial charge in [-0.15, -0.1) is 5.10 Å². The number of aliphatic hydroxyl groups is 1. The van der Waals surface area contributed by atoms with Crippen molar-refractivity contribution < 1.29 is 9.90 Å². The van der Waals surface area contributed by atoms with E-state index in [0.29, 0.717) is 23.4 Å². The average Bonchev–Trinajstić information content (AvgIpc) is 3.23. The van der Waals surface area contributed by atoms with Crippen molar-refractivity contribution in [2.45, 2.75) is 43.7 Å². The van der Waals surface area contributed by atoms with Gasteiger partial charge in [0.05, 0.1) is 12.3 Å². The van der Waals surface area contributed by atoms with Crippen molar-refractivity contribution in [3.05, 3.63) is 48.7 Å². The van der Waals surface area contributed by atoms with Gasteiger partial charge in [-0.05, 0) is 25.0 Å². The summed E-state index contributed by atoms with van der Waals surface area (Å²) in [6, 6.07) is 5.12. The molecule has 4 N–H and O–H groups in total. The van der Waals surface area contributed by atoms with Crippen LogP contribution < -0.4 is 15.5 Å². The highest BCUT2D eigenvalue weighted by atomic mass is 16.3. The summed E-state index contributed by atoms with van der Waals surface area (Å²) in [4.78, 5) is 27.5. The summed E-state index contributed by atoms with van der Waals surface area (Å²) < 4.78 is 1.70. The van der Waals surface area contributed by atoms with Gasteiger partial charge in [0, 0.05) is 48.7 Å². The predicted octanol–water partition coefficient (Wildman–Crippen LogP) is 1.62. The van der Waals surface area contributed by atoms with E-state index in [2.05, 4.69) is 42.8 Å². The number of nitrogens with one attached hydrogen (secondary N) is 3. The number of aliphatic hydroxyl groups excluding tert-OH is 1. The fourth-order valence-corrected chi connectivity index (χ4v) is 4.27. The van der Waals surface area contributed by atoms with Crippen LogP contribution in [0, 0.1) is 0 Å². The van der Waals surface area contributed by atoms with Crippen LogP contribution in [0.5, 0.6) is 0 Å². The molecule has 2 aliphatic rings. The molecular formula is C22H24N10O2. The van der Waals surface area contributed by atoms with E-state index in [0.717, 1.165) is 24.1 Å². The van der Waals surface area contributed by atoms with E-state index in [1.54, 1.807) is 9.42 Å². The number of aromatic nitrogens is 7. The number of β-amino-alcohol motifs (C(OH)–C–C–N with tert-alkyl or cyclic N) is 1. The van der Waals surface area contributed by atoms with Gasteiger partial charge in [-0.1, -0.05) is 6.92 Å². The van der Waals surface area contributed by atoms with Crippen LogP contribution in [0.25, 0.3) is 5.52 Å². The van der Waals surface area contributed by atoms with Gasteiger partial charge in [-0.2, -0.15) is 10.1 Å². The van der Waals surface area contributed by atoms with Gasteiger partial charge in [0.25, 0.3) is 0 Å². The molecule has 1 saturated carbocycles. The molecule has 1 amide bonds. The minimum Gasteiger partial charge on any atom is -0.391 e. The fourth-order valence-electron chi connectivity index (χ4n) is 4.27. The molecule has 2 atom stereocenters. The van der Waals surface area contributed by atoms with Crippen molar-refractivity contribution in [2.24, 2.45) is 0 Å². The molecule has 1 aliphatic heterocycles. The zero-order valence-corrected chi connectivity index (χ0v) is 18.5. The summed E-state index contributed by atoms with van der Waals surface area (Å²) in [6.45, 7) is 2.44. The summed E-state index contributed by atoms with van der Waals surface area (Å²) in [5, 5.41) is 28.5. The maximum atomic E-state index is 13.0. The maximum absolute atomic E-state index is 13.0. The van der Waals surface area contributed by atoms with Gasteiger partial charge in [0.15, 0.2) is 17.5 Å². The second-order valence-electron chi connectivity index (χ2n) is 9.09. The zero-order chi connectivity index (χ0) is 23.3. The van der Waals surface area contributed by atoms with Crippen molar-refractivity contribution >= 4 is 34.8 Å². The first kappa shape index (κ1) is 20.5. The summed E-state index contributed by atoms with van der Waals surface area (Å²) in [5.74, 6) is 1.58. The molecule has 0 aromatic carbocycles. The fraction of sp³-hybridized carbons (Fsp3) is 0.364. The van der Waals surface area contributed by atoms with E-state index < -0.39 is 12.1 Å².